The summed E-state index contributed by atoms with van der Waals surface area (Å²) in [5.74, 6) is 0.418. The fourth-order valence-corrected chi connectivity index (χ4v) is 2.38. The molecular weight excluding hydrogens is 260 g/mol. The number of imidazole rings is 1. The number of ether oxygens (including phenoxy) is 1. The van der Waals surface area contributed by atoms with E-state index in [-0.39, 0.29) is 17.9 Å². The third kappa shape index (κ3) is 2.37. The first-order valence-corrected chi connectivity index (χ1v) is 6.60. The average Bonchev–Trinajstić information content (AvgIpc) is 3.05. The first-order chi connectivity index (χ1) is 9.67. The fraction of sp³-hybridized carbons (Fsp3) is 0.462. The molecular formula is C13H16N4O3. The molecule has 0 radical (unpaired) electrons. The zero-order valence-corrected chi connectivity index (χ0v) is 11.1. The van der Waals surface area contributed by atoms with Crippen molar-refractivity contribution in [1.82, 2.24) is 19.5 Å². The maximum atomic E-state index is 11.3. The van der Waals surface area contributed by atoms with Gasteiger partial charge in [-0.1, -0.05) is 6.92 Å². The quantitative estimate of drug-likeness (QED) is 0.860. The predicted molar refractivity (Wildman–Crippen MR) is 70.9 cm³/mol. The minimum Gasteiger partial charge on any atom is -0.390 e. The molecule has 1 fully saturated rings. The van der Waals surface area contributed by atoms with Gasteiger partial charge in [0, 0.05) is 24.9 Å². The minimum absolute atomic E-state index is 0.138. The van der Waals surface area contributed by atoms with Gasteiger partial charge in [-0.05, 0) is 6.42 Å². The van der Waals surface area contributed by atoms with E-state index in [0.29, 0.717) is 17.9 Å². The highest BCUT2D eigenvalue weighted by Gasteiger charge is 2.33. The summed E-state index contributed by atoms with van der Waals surface area (Å²) in [6, 6.07) is 1.35. The number of nitrogens with one attached hydrogen (secondary N) is 1. The van der Waals surface area contributed by atoms with E-state index in [9.17, 15) is 9.90 Å². The van der Waals surface area contributed by atoms with Crippen LogP contribution in [0.5, 0.6) is 0 Å². The first-order valence-electron chi connectivity index (χ1n) is 6.60. The molecule has 7 nitrogen and oxygen atoms in total. The molecule has 0 saturated carbocycles. The number of aromatic nitrogens is 4. The second kappa shape index (κ2) is 5.18. The summed E-state index contributed by atoms with van der Waals surface area (Å²) >= 11 is 0. The van der Waals surface area contributed by atoms with Crippen LogP contribution in [0.3, 0.4) is 0 Å². The van der Waals surface area contributed by atoms with Crippen molar-refractivity contribution in [3.63, 3.8) is 0 Å². The molecule has 3 rings (SSSR count). The maximum absolute atomic E-state index is 11.3. The van der Waals surface area contributed by atoms with Crippen LogP contribution in [0.2, 0.25) is 0 Å². The summed E-state index contributed by atoms with van der Waals surface area (Å²) in [5, 5.41) is 9.86. The lowest BCUT2D eigenvalue weighted by atomic mass is 10.1. The molecule has 1 saturated heterocycles. The van der Waals surface area contributed by atoms with Gasteiger partial charge in [0.2, 0.25) is 0 Å². The Kier molecular flexibility index (Phi) is 3.37. The Balaban J connectivity index is 1.83. The van der Waals surface area contributed by atoms with E-state index in [4.69, 9.17) is 4.74 Å². The van der Waals surface area contributed by atoms with Crippen LogP contribution in [-0.4, -0.2) is 36.8 Å². The highest BCUT2D eigenvalue weighted by Crippen LogP contribution is 2.30. The van der Waals surface area contributed by atoms with E-state index in [2.05, 4.69) is 15.0 Å². The third-order valence-corrected chi connectivity index (χ3v) is 3.45. The molecule has 2 aromatic heterocycles. The number of H-pyrrole nitrogens is 1. The summed E-state index contributed by atoms with van der Waals surface area (Å²) in [6.07, 6.45) is 5.30. The Labute approximate surface area is 115 Å². The lowest BCUT2D eigenvalue weighted by molar-refractivity contribution is -0.0197. The van der Waals surface area contributed by atoms with Crippen LogP contribution >= 0.6 is 0 Å². The van der Waals surface area contributed by atoms with Crippen molar-refractivity contribution >= 4 is 0 Å². The van der Waals surface area contributed by atoms with Crippen LogP contribution in [0.15, 0.2) is 29.6 Å². The summed E-state index contributed by atoms with van der Waals surface area (Å²) in [7, 11) is 0. The molecule has 3 atom stereocenters. The van der Waals surface area contributed by atoms with Gasteiger partial charge in [-0.25, -0.2) is 9.97 Å². The number of rotatable bonds is 3. The van der Waals surface area contributed by atoms with Crippen LogP contribution in [0.1, 0.15) is 26.0 Å². The molecule has 2 aromatic rings. The van der Waals surface area contributed by atoms with Crippen LogP contribution in [0.25, 0.3) is 11.5 Å². The van der Waals surface area contributed by atoms with Gasteiger partial charge in [0.05, 0.1) is 18.5 Å². The summed E-state index contributed by atoms with van der Waals surface area (Å²) in [4.78, 5) is 22.2. The van der Waals surface area contributed by atoms with Crippen molar-refractivity contribution in [3.8, 4) is 11.5 Å². The van der Waals surface area contributed by atoms with Gasteiger partial charge in [-0.2, -0.15) is 0 Å². The summed E-state index contributed by atoms with van der Waals surface area (Å²) in [6.45, 7) is 1.98. The van der Waals surface area contributed by atoms with E-state index in [0.717, 1.165) is 6.42 Å². The molecule has 1 aliphatic heterocycles. The second-order valence-corrected chi connectivity index (χ2v) is 4.83. The Morgan fingerprint density at radius 2 is 2.40 bits per heavy atom. The van der Waals surface area contributed by atoms with Crippen LogP contribution < -0.4 is 5.56 Å². The Morgan fingerprint density at radius 1 is 1.55 bits per heavy atom. The molecule has 0 aliphatic carbocycles. The van der Waals surface area contributed by atoms with Crippen molar-refractivity contribution in [2.75, 3.05) is 0 Å². The minimum atomic E-state index is -0.453. The molecule has 0 spiro atoms. The molecule has 0 aromatic carbocycles. The SMILES string of the molecule is CC[C@H]1O[C@@H](n2cnc(-c3nccc(=O)[nH]3)c2)CC1O. The molecule has 20 heavy (non-hydrogen) atoms. The first kappa shape index (κ1) is 13.0. The monoisotopic (exact) mass is 276 g/mol. The molecule has 2 N–H and O–H groups in total. The van der Waals surface area contributed by atoms with Gasteiger partial charge in [-0.15, -0.1) is 0 Å². The van der Waals surface area contributed by atoms with Gasteiger partial charge in [0.1, 0.15) is 11.9 Å². The van der Waals surface area contributed by atoms with E-state index < -0.39 is 6.10 Å². The van der Waals surface area contributed by atoms with Gasteiger partial charge >= 0.3 is 0 Å². The van der Waals surface area contributed by atoms with Gasteiger partial charge in [0.15, 0.2) is 5.82 Å². The highest BCUT2D eigenvalue weighted by molar-refractivity contribution is 5.46. The molecule has 0 amide bonds. The maximum Gasteiger partial charge on any atom is 0.251 e. The van der Waals surface area contributed by atoms with Crippen LogP contribution in [0, 0.1) is 0 Å². The average molecular weight is 276 g/mol. The lowest BCUT2D eigenvalue weighted by Gasteiger charge is -2.13. The van der Waals surface area contributed by atoms with Crippen molar-refractivity contribution in [2.24, 2.45) is 0 Å². The van der Waals surface area contributed by atoms with Crippen LogP contribution in [-0.2, 0) is 4.74 Å². The van der Waals surface area contributed by atoms with Gasteiger partial charge in [-0.3, -0.25) is 4.79 Å². The number of nitrogens with zero attached hydrogens (tertiary/aromatic N) is 3. The van der Waals surface area contributed by atoms with Crippen molar-refractivity contribution < 1.29 is 9.84 Å². The Hall–Kier alpha value is -1.99. The highest BCUT2D eigenvalue weighted by atomic mass is 16.5. The number of hydrogen-bond donors (Lipinski definition) is 2. The molecule has 106 valence electrons. The summed E-state index contributed by atoms with van der Waals surface area (Å²) < 4.78 is 7.56. The fourth-order valence-electron chi connectivity index (χ4n) is 2.38. The molecule has 1 aliphatic rings. The standard InChI is InChI=1S/C13H16N4O3/c1-2-10-9(18)5-12(20-10)17-6-8(15-7-17)13-14-4-3-11(19)16-13/h3-4,6-7,9-10,12,18H,2,5H2,1H3,(H,14,16,19)/t9?,10-,12-/m1/s1. The number of aliphatic hydroxyl groups excluding tert-OH is 1. The van der Waals surface area contributed by atoms with E-state index in [1.807, 2.05) is 6.92 Å². The Morgan fingerprint density at radius 3 is 3.10 bits per heavy atom. The third-order valence-electron chi connectivity index (χ3n) is 3.45. The topological polar surface area (TPSA) is 93.0 Å². The lowest BCUT2D eigenvalue weighted by Crippen LogP contribution is -2.19. The smallest absolute Gasteiger partial charge is 0.251 e. The molecule has 3 heterocycles. The zero-order valence-electron chi connectivity index (χ0n) is 11.1. The number of aromatic amines is 1. The van der Waals surface area contributed by atoms with Crippen molar-refractivity contribution in [3.05, 3.63) is 35.1 Å². The normalized spacial score (nSPS) is 26.0. The summed E-state index contributed by atoms with van der Waals surface area (Å²) in [5.41, 5.74) is 0.351. The molecule has 1 unspecified atom stereocenters. The number of hydrogen-bond acceptors (Lipinski definition) is 5. The zero-order chi connectivity index (χ0) is 14.1. The van der Waals surface area contributed by atoms with Crippen LogP contribution in [0.4, 0.5) is 0 Å². The van der Waals surface area contributed by atoms with E-state index in [1.165, 1.54) is 12.3 Å². The van der Waals surface area contributed by atoms with Gasteiger partial charge in [0.25, 0.3) is 5.56 Å². The number of aliphatic hydroxyl groups is 1. The van der Waals surface area contributed by atoms with Crippen molar-refractivity contribution in [1.29, 1.82) is 0 Å². The second-order valence-electron chi connectivity index (χ2n) is 4.83. The molecule has 0 bridgehead atoms. The van der Waals surface area contributed by atoms with Crippen molar-refractivity contribution in [2.45, 2.75) is 38.2 Å². The largest absolute Gasteiger partial charge is 0.390 e. The van der Waals surface area contributed by atoms with E-state index >= 15 is 0 Å². The predicted octanol–water partition coefficient (Wildman–Crippen LogP) is 0.692. The van der Waals surface area contributed by atoms with E-state index in [1.54, 1.807) is 17.1 Å². The molecule has 7 heteroatoms. The Bertz CT molecular complexity index is 651. The van der Waals surface area contributed by atoms with Gasteiger partial charge < -0.3 is 19.4 Å².